The predicted molar refractivity (Wildman–Crippen MR) is 60.4 cm³/mol. The number of rotatable bonds is 5. The summed E-state index contributed by atoms with van der Waals surface area (Å²) in [6.45, 7) is 11.3. The molecule has 0 aromatic carbocycles. The highest BCUT2D eigenvalue weighted by Crippen LogP contribution is 2.49. The molecule has 0 saturated heterocycles. The second-order valence-electron chi connectivity index (χ2n) is 3.33. The van der Waals surface area contributed by atoms with E-state index in [-0.39, 0.29) is 0 Å². The quantitative estimate of drug-likeness (QED) is 0.691. The van der Waals surface area contributed by atoms with Crippen molar-refractivity contribution in [2.24, 2.45) is 0 Å². The van der Waals surface area contributed by atoms with Crippen molar-refractivity contribution in [3.63, 3.8) is 0 Å². The zero-order valence-electron chi connectivity index (χ0n) is 9.05. The molecule has 0 rings (SSSR count). The van der Waals surface area contributed by atoms with Crippen molar-refractivity contribution in [2.75, 3.05) is 13.3 Å². The van der Waals surface area contributed by atoms with Crippen LogP contribution >= 0.6 is 7.14 Å². The Bertz CT molecular complexity index is 250. The van der Waals surface area contributed by atoms with Crippen molar-refractivity contribution in [1.29, 1.82) is 0 Å². The van der Waals surface area contributed by atoms with Crippen LogP contribution in [0.3, 0.4) is 0 Å². The Morgan fingerprint density at radius 1 is 1.38 bits per heavy atom. The van der Waals surface area contributed by atoms with Crippen LogP contribution in [0.5, 0.6) is 0 Å². The second-order valence-corrected chi connectivity index (χ2v) is 6.57. The molecule has 0 aliphatic carbocycles. The largest absolute Gasteiger partial charge is 0.365 e. The van der Waals surface area contributed by atoms with Gasteiger partial charge in [0.25, 0.3) is 0 Å². The summed E-state index contributed by atoms with van der Waals surface area (Å²) >= 11 is 0. The molecule has 1 N–H and O–H groups in total. The highest BCUT2D eigenvalue weighted by atomic mass is 31.2. The van der Waals surface area contributed by atoms with Gasteiger partial charge in [0.2, 0.25) is 0 Å². The third kappa shape index (κ3) is 3.82. The van der Waals surface area contributed by atoms with E-state index in [4.69, 9.17) is 0 Å². The molecule has 0 saturated carbocycles. The molecule has 0 aliphatic rings. The van der Waals surface area contributed by atoms with Crippen molar-refractivity contribution in [2.45, 2.75) is 26.7 Å². The SMILES string of the molecule is C=CN/C(CC)=C(/CC)P(C)(C)=O. The lowest BCUT2D eigenvalue weighted by molar-refractivity contribution is 0.584. The highest BCUT2D eigenvalue weighted by molar-refractivity contribution is 7.66. The zero-order chi connectivity index (χ0) is 10.5. The fourth-order valence-corrected chi connectivity index (χ4v) is 3.07. The molecule has 76 valence electrons. The predicted octanol–water partition coefficient (Wildman–Crippen LogP) is 3.37. The van der Waals surface area contributed by atoms with E-state index in [2.05, 4.69) is 18.8 Å². The standard InChI is InChI=1S/C10H20NOP/c1-6-9(11-8-3)10(7-2)13(4,5)12/h8,11H,3,6-7H2,1-2,4-5H3/b10-9-. The van der Waals surface area contributed by atoms with Gasteiger partial charge in [-0.3, -0.25) is 0 Å². The van der Waals surface area contributed by atoms with E-state index in [1.807, 2.05) is 20.3 Å². The lowest BCUT2D eigenvalue weighted by atomic mass is 10.3. The van der Waals surface area contributed by atoms with Gasteiger partial charge in [0, 0.05) is 11.0 Å². The Morgan fingerprint density at radius 3 is 2.15 bits per heavy atom. The molecule has 3 heteroatoms. The minimum atomic E-state index is -2.11. The van der Waals surface area contributed by atoms with Gasteiger partial charge in [-0.1, -0.05) is 20.4 Å². The summed E-state index contributed by atoms with van der Waals surface area (Å²) in [5.74, 6) is 0. The maximum Gasteiger partial charge on any atom is 0.107 e. The van der Waals surface area contributed by atoms with E-state index >= 15 is 0 Å². The van der Waals surface area contributed by atoms with Crippen molar-refractivity contribution in [1.82, 2.24) is 5.32 Å². The topological polar surface area (TPSA) is 29.1 Å². The molecular formula is C10H20NOP. The highest BCUT2D eigenvalue weighted by Gasteiger charge is 2.16. The van der Waals surface area contributed by atoms with Crippen LogP contribution in [0.1, 0.15) is 26.7 Å². The van der Waals surface area contributed by atoms with E-state index in [9.17, 15) is 4.57 Å². The summed E-state index contributed by atoms with van der Waals surface area (Å²) in [4.78, 5) is 0. The van der Waals surface area contributed by atoms with Crippen LogP contribution in [0.2, 0.25) is 0 Å². The van der Waals surface area contributed by atoms with Gasteiger partial charge < -0.3 is 9.88 Å². The first-order valence-electron chi connectivity index (χ1n) is 4.62. The minimum absolute atomic E-state index is 0.842. The molecule has 0 unspecified atom stereocenters. The van der Waals surface area contributed by atoms with Crippen LogP contribution < -0.4 is 5.32 Å². The molecule has 0 amide bonds. The minimum Gasteiger partial charge on any atom is -0.365 e. The van der Waals surface area contributed by atoms with Gasteiger partial charge in [0.1, 0.15) is 7.14 Å². The number of hydrogen-bond acceptors (Lipinski definition) is 2. The molecule has 0 aromatic heterocycles. The summed E-state index contributed by atoms with van der Waals surface area (Å²) in [5, 5.41) is 4.11. The van der Waals surface area contributed by atoms with Crippen LogP contribution in [0, 0.1) is 0 Å². The Morgan fingerprint density at radius 2 is 1.92 bits per heavy atom. The van der Waals surface area contributed by atoms with Gasteiger partial charge in [-0.25, -0.2) is 0 Å². The number of allylic oxidation sites excluding steroid dienone is 2. The molecular weight excluding hydrogens is 181 g/mol. The Balaban J connectivity index is 5.05. The van der Waals surface area contributed by atoms with Crippen molar-refractivity contribution in [3.05, 3.63) is 23.8 Å². The zero-order valence-corrected chi connectivity index (χ0v) is 9.95. The molecule has 0 aromatic rings. The van der Waals surface area contributed by atoms with E-state index in [1.165, 1.54) is 0 Å². The van der Waals surface area contributed by atoms with Crippen LogP contribution in [0.4, 0.5) is 0 Å². The molecule has 0 fully saturated rings. The van der Waals surface area contributed by atoms with Gasteiger partial charge in [-0.2, -0.15) is 0 Å². The number of nitrogens with one attached hydrogen (secondary N) is 1. The fraction of sp³-hybridized carbons (Fsp3) is 0.600. The molecule has 2 nitrogen and oxygen atoms in total. The maximum atomic E-state index is 11.9. The number of hydrogen-bond donors (Lipinski definition) is 1. The Kier molecular flexibility index (Phi) is 5.09. The van der Waals surface area contributed by atoms with Crippen molar-refractivity contribution in [3.8, 4) is 0 Å². The monoisotopic (exact) mass is 201 g/mol. The normalized spacial score (nSPS) is 13.5. The molecule has 0 bridgehead atoms. The maximum absolute atomic E-state index is 11.9. The van der Waals surface area contributed by atoms with Gasteiger partial charge >= 0.3 is 0 Å². The first kappa shape index (κ1) is 12.5. The third-order valence-electron chi connectivity index (χ3n) is 1.96. The van der Waals surface area contributed by atoms with Gasteiger partial charge in [-0.15, -0.1) is 0 Å². The van der Waals surface area contributed by atoms with Crippen LogP contribution in [-0.2, 0) is 4.57 Å². The van der Waals surface area contributed by atoms with E-state index < -0.39 is 7.14 Å². The Hall–Kier alpha value is -0.490. The van der Waals surface area contributed by atoms with Gasteiger partial charge in [-0.05, 0) is 32.4 Å². The summed E-state index contributed by atoms with van der Waals surface area (Å²) in [6.07, 6.45) is 3.36. The van der Waals surface area contributed by atoms with Crippen LogP contribution in [-0.4, -0.2) is 13.3 Å². The van der Waals surface area contributed by atoms with Gasteiger partial charge in [0.05, 0.1) is 0 Å². The van der Waals surface area contributed by atoms with Crippen LogP contribution in [0.15, 0.2) is 23.8 Å². The lowest BCUT2D eigenvalue weighted by Gasteiger charge is -2.16. The average molecular weight is 201 g/mol. The van der Waals surface area contributed by atoms with E-state index in [0.717, 1.165) is 23.9 Å². The average Bonchev–Trinajstić information content (AvgIpc) is 2.01. The molecule has 13 heavy (non-hydrogen) atoms. The van der Waals surface area contributed by atoms with E-state index in [1.54, 1.807) is 6.20 Å². The van der Waals surface area contributed by atoms with Crippen LogP contribution in [0.25, 0.3) is 0 Å². The summed E-state index contributed by atoms with van der Waals surface area (Å²) in [6, 6.07) is 0. The molecule has 0 heterocycles. The summed E-state index contributed by atoms with van der Waals surface area (Å²) < 4.78 is 11.9. The molecule has 0 atom stereocenters. The molecule has 0 aliphatic heterocycles. The first-order valence-corrected chi connectivity index (χ1v) is 7.22. The first-order chi connectivity index (χ1) is 5.97. The summed E-state index contributed by atoms with van der Waals surface area (Å²) in [7, 11) is -2.11. The fourth-order valence-electron chi connectivity index (χ4n) is 1.43. The smallest absolute Gasteiger partial charge is 0.107 e. The van der Waals surface area contributed by atoms with Gasteiger partial charge in [0.15, 0.2) is 0 Å². The molecule has 0 radical (unpaired) electrons. The second kappa shape index (κ2) is 5.29. The Labute approximate surface area is 81.5 Å². The lowest BCUT2D eigenvalue weighted by Crippen LogP contribution is -2.07. The summed E-state index contributed by atoms with van der Waals surface area (Å²) in [5.41, 5.74) is 1.06. The van der Waals surface area contributed by atoms with Crippen molar-refractivity contribution >= 4 is 7.14 Å². The van der Waals surface area contributed by atoms with E-state index in [0.29, 0.717) is 0 Å². The molecule has 0 spiro atoms. The third-order valence-corrected chi connectivity index (χ3v) is 3.85. The van der Waals surface area contributed by atoms with Crippen molar-refractivity contribution < 1.29 is 4.57 Å².